The molecule has 2 rings (SSSR count). The summed E-state index contributed by atoms with van der Waals surface area (Å²) in [7, 11) is 0. The van der Waals surface area contributed by atoms with E-state index in [1.165, 1.54) is 24.3 Å². The summed E-state index contributed by atoms with van der Waals surface area (Å²) < 4.78 is 10.4. The number of benzene rings is 1. The van der Waals surface area contributed by atoms with Gasteiger partial charge in [0, 0.05) is 0 Å². The van der Waals surface area contributed by atoms with E-state index in [-0.39, 0.29) is 12.4 Å². The minimum atomic E-state index is -1.53. The molecule has 1 heterocycles. The first-order valence-corrected chi connectivity index (χ1v) is 6.83. The zero-order valence-corrected chi connectivity index (χ0v) is 11.7. The molecule has 6 unspecified atom stereocenters. The van der Waals surface area contributed by atoms with E-state index in [2.05, 4.69) is 0 Å². The second-order valence-electron chi connectivity index (χ2n) is 5.14. The SMILES string of the molecule is OCC1OC(OCC(O)c2ccc(O)cc2)C(O)C(O)C1O. The van der Waals surface area contributed by atoms with Crippen LogP contribution in [0.2, 0.25) is 0 Å². The second-order valence-corrected chi connectivity index (χ2v) is 5.14. The summed E-state index contributed by atoms with van der Waals surface area (Å²) in [6, 6.07) is 5.84. The lowest BCUT2D eigenvalue weighted by Gasteiger charge is -2.39. The number of phenols is 1. The third-order valence-corrected chi connectivity index (χ3v) is 3.54. The Morgan fingerprint density at radius 1 is 1.05 bits per heavy atom. The van der Waals surface area contributed by atoms with Gasteiger partial charge in [-0.2, -0.15) is 0 Å². The van der Waals surface area contributed by atoms with Gasteiger partial charge in [0.1, 0.15) is 36.3 Å². The topological polar surface area (TPSA) is 140 Å². The van der Waals surface area contributed by atoms with E-state index in [1.54, 1.807) is 0 Å². The maximum atomic E-state index is 9.96. The van der Waals surface area contributed by atoms with Gasteiger partial charge in [0.2, 0.25) is 0 Å². The van der Waals surface area contributed by atoms with Crippen LogP contribution in [0.5, 0.6) is 5.75 Å². The molecule has 0 amide bonds. The quantitative estimate of drug-likeness (QED) is 0.375. The van der Waals surface area contributed by atoms with Crippen molar-refractivity contribution in [3.63, 3.8) is 0 Å². The molecule has 0 bridgehead atoms. The molecule has 22 heavy (non-hydrogen) atoms. The van der Waals surface area contributed by atoms with Gasteiger partial charge < -0.3 is 40.1 Å². The van der Waals surface area contributed by atoms with Gasteiger partial charge in [0.05, 0.1) is 13.2 Å². The third-order valence-electron chi connectivity index (χ3n) is 3.54. The van der Waals surface area contributed by atoms with E-state index in [0.717, 1.165) is 0 Å². The Morgan fingerprint density at radius 3 is 2.27 bits per heavy atom. The van der Waals surface area contributed by atoms with Gasteiger partial charge in [-0.3, -0.25) is 0 Å². The normalized spacial score (nSPS) is 33.6. The maximum absolute atomic E-state index is 9.96. The summed E-state index contributed by atoms with van der Waals surface area (Å²) in [6.45, 7) is -0.793. The van der Waals surface area contributed by atoms with Crippen molar-refractivity contribution in [3.8, 4) is 5.75 Å². The van der Waals surface area contributed by atoms with Crippen LogP contribution in [0.3, 0.4) is 0 Å². The van der Waals surface area contributed by atoms with Gasteiger partial charge in [0.15, 0.2) is 6.29 Å². The Bertz CT molecular complexity index is 462. The summed E-state index contributed by atoms with van der Waals surface area (Å²) in [5, 5.41) is 57.2. The predicted octanol–water partition coefficient (Wildman–Crippen LogP) is -1.76. The molecule has 0 radical (unpaired) electrons. The van der Waals surface area contributed by atoms with Crippen molar-refractivity contribution in [1.29, 1.82) is 0 Å². The van der Waals surface area contributed by atoms with Crippen LogP contribution in [0, 0.1) is 0 Å². The fraction of sp³-hybridized carbons (Fsp3) is 0.571. The number of hydrogen-bond donors (Lipinski definition) is 6. The molecule has 6 atom stereocenters. The second kappa shape index (κ2) is 7.34. The zero-order chi connectivity index (χ0) is 16.3. The number of aliphatic hydroxyl groups is 5. The standard InChI is InChI=1S/C14H20O8/c15-5-10-11(18)12(19)13(20)14(22-10)21-6-9(17)7-1-3-8(16)4-2-7/h1-4,9-20H,5-6H2. The Kier molecular flexibility index (Phi) is 5.70. The van der Waals surface area contributed by atoms with Crippen LogP contribution in [0.4, 0.5) is 0 Å². The van der Waals surface area contributed by atoms with Gasteiger partial charge in [0.25, 0.3) is 0 Å². The van der Waals surface area contributed by atoms with E-state index < -0.39 is 43.4 Å². The van der Waals surface area contributed by atoms with Crippen LogP contribution in [-0.2, 0) is 9.47 Å². The molecule has 1 aromatic carbocycles. The highest BCUT2D eigenvalue weighted by molar-refractivity contribution is 5.27. The summed E-state index contributed by atoms with van der Waals surface area (Å²) in [5.41, 5.74) is 0.488. The number of rotatable bonds is 5. The van der Waals surface area contributed by atoms with Crippen LogP contribution in [0.25, 0.3) is 0 Å². The highest BCUT2D eigenvalue weighted by Gasteiger charge is 2.44. The highest BCUT2D eigenvalue weighted by atomic mass is 16.7. The van der Waals surface area contributed by atoms with Crippen LogP contribution in [0.15, 0.2) is 24.3 Å². The van der Waals surface area contributed by atoms with Crippen molar-refractivity contribution >= 4 is 0 Å². The molecule has 1 aliphatic heterocycles. The molecule has 8 nitrogen and oxygen atoms in total. The molecule has 1 aromatic rings. The van der Waals surface area contributed by atoms with E-state index in [4.69, 9.17) is 14.6 Å². The Labute approximate surface area is 126 Å². The largest absolute Gasteiger partial charge is 0.508 e. The van der Waals surface area contributed by atoms with E-state index >= 15 is 0 Å². The molecular formula is C14H20O8. The first-order valence-electron chi connectivity index (χ1n) is 6.83. The lowest BCUT2D eigenvalue weighted by Crippen LogP contribution is -2.59. The molecule has 124 valence electrons. The lowest BCUT2D eigenvalue weighted by molar-refractivity contribution is -0.304. The van der Waals surface area contributed by atoms with E-state index in [0.29, 0.717) is 5.56 Å². The molecule has 1 aliphatic rings. The average Bonchev–Trinajstić information content (AvgIpc) is 2.52. The van der Waals surface area contributed by atoms with Crippen molar-refractivity contribution in [3.05, 3.63) is 29.8 Å². The number of ether oxygens (including phenoxy) is 2. The maximum Gasteiger partial charge on any atom is 0.186 e. The molecule has 6 N–H and O–H groups in total. The van der Waals surface area contributed by atoms with Gasteiger partial charge in [-0.25, -0.2) is 0 Å². The Morgan fingerprint density at radius 2 is 1.68 bits per heavy atom. The Hall–Kier alpha value is -1.26. The lowest BCUT2D eigenvalue weighted by atomic mass is 9.99. The smallest absolute Gasteiger partial charge is 0.186 e. The minimum Gasteiger partial charge on any atom is -0.508 e. The van der Waals surface area contributed by atoms with E-state index in [1.807, 2.05) is 0 Å². The molecule has 8 heteroatoms. The molecule has 1 fully saturated rings. The fourth-order valence-corrected chi connectivity index (χ4v) is 2.18. The summed E-state index contributed by atoms with van der Waals surface area (Å²) >= 11 is 0. The van der Waals surface area contributed by atoms with Crippen molar-refractivity contribution in [2.75, 3.05) is 13.2 Å². The zero-order valence-electron chi connectivity index (χ0n) is 11.7. The molecule has 0 saturated carbocycles. The van der Waals surface area contributed by atoms with Crippen molar-refractivity contribution in [2.45, 2.75) is 36.8 Å². The van der Waals surface area contributed by atoms with E-state index in [9.17, 15) is 25.5 Å². The number of hydrogen-bond acceptors (Lipinski definition) is 8. The number of phenolic OH excluding ortho intramolecular Hbond substituents is 1. The predicted molar refractivity (Wildman–Crippen MR) is 72.8 cm³/mol. The van der Waals surface area contributed by atoms with Crippen molar-refractivity contribution < 1.29 is 40.1 Å². The highest BCUT2D eigenvalue weighted by Crippen LogP contribution is 2.24. The van der Waals surface area contributed by atoms with Gasteiger partial charge in [-0.1, -0.05) is 12.1 Å². The number of aliphatic hydroxyl groups excluding tert-OH is 5. The van der Waals surface area contributed by atoms with Gasteiger partial charge in [-0.05, 0) is 17.7 Å². The van der Waals surface area contributed by atoms with Crippen molar-refractivity contribution in [1.82, 2.24) is 0 Å². The minimum absolute atomic E-state index is 0.0609. The molecule has 0 spiro atoms. The van der Waals surface area contributed by atoms with Crippen LogP contribution >= 0.6 is 0 Å². The molecule has 1 saturated heterocycles. The fourth-order valence-electron chi connectivity index (χ4n) is 2.18. The van der Waals surface area contributed by atoms with Crippen LogP contribution < -0.4 is 0 Å². The van der Waals surface area contributed by atoms with Gasteiger partial charge in [-0.15, -0.1) is 0 Å². The summed E-state index contributed by atoms with van der Waals surface area (Å²) in [5.74, 6) is 0.0609. The van der Waals surface area contributed by atoms with Crippen molar-refractivity contribution in [2.24, 2.45) is 0 Å². The summed E-state index contributed by atoms with van der Waals surface area (Å²) in [6.07, 6.45) is -7.88. The average molecular weight is 316 g/mol. The van der Waals surface area contributed by atoms with Gasteiger partial charge >= 0.3 is 0 Å². The monoisotopic (exact) mass is 316 g/mol. The molecular weight excluding hydrogens is 296 g/mol. The van der Waals surface area contributed by atoms with Crippen LogP contribution in [-0.4, -0.2) is 74.6 Å². The third kappa shape index (κ3) is 3.73. The van der Waals surface area contributed by atoms with Crippen LogP contribution in [0.1, 0.15) is 11.7 Å². The number of aromatic hydroxyl groups is 1. The first-order chi connectivity index (χ1) is 10.4. The molecule has 0 aromatic heterocycles. The molecule has 0 aliphatic carbocycles. The first kappa shape index (κ1) is 17.1. The Balaban J connectivity index is 1.93. The summed E-state index contributed by atoms with van der Waals surface area (Å²) in [4.78, 5) is 0.